The predicted octanol–water partition coefficient (Wildman–Crippen LogP) is 2.17. The van der Waals surface area contributed by atoms with E-state index in [1.54, 1.807) is 54.7 Å². The maximum atomic E-state index is 11.9. The Balaban J connectivity index is 0.00000193. The number of benzene rings is 3. The predicted molar refractivity (Wildman–Crippen MR) is 118 cm³/mol. The second kappa shape index (κ2) is 10.2. The van der Waals surface area contributed by atoms with Gasteiger partial charge < -0.3 is 11.9 Å². The third kappa shape index (κ3) is 5.32. The SMILES string of the molecule is Nc1c(N=Nc2ccccc2OCc2ccccn2)cc(S(=O)(=O)O)c2ccccc12.[H-].[Na+]. The van der Waals surface area contributed by atoms with E-state index in [1.165, 1.54) is 6.07 Å². The van der Waals surface area contributed by atoms with Gasteiger partial charge >= 0.3 is 29.6 Å². The number of aromatic nitrogens is 1. The van der Waals surface area contributed by atoms with Gasteiger partial charge in [0, 0.05) is 17.0 Å². The summed E-state index contributed by atoms with van der Waals surface area (Å²) in [6.45, 7) is 0.248. The molecule has 0 radical (unpaired) electrons. The maximum absolute atomic E-state index is 11.9. The Labute approximate surface area is 208 Å². The first-order valence-electron chi connectivity index (χ1n) is 9.25. The summed E-state index contributed by atoms with van der Waals surface area (Å²) in [6, 6.07) is 20.4. The molecule has 0 fully saturated rings. The second-order valence-electron chi connectivity index (χ2n) is 6.61. The van der Waals surface area contributed by atoms with Crippen molar-refractivity contribution in [2.45, 2.75) is 11.5 Å². The van der Waals surface area contributed by atoms with Gasteiger partial charge in [-0.15, -0.1) is 10.2 Å². The fourth-order valence-corrected chi connectivity index (χ4v) is 3.77. The molecule has 0 amide bonds. The average Bonchev–Trinajstić information content (AvgIpc) is 2.78. The van der Waals surface area contributed by atoms with Gasteiger partial charge in [-0.05, 0) is 30.3 Å². The van der Waals surface area contributed by atoms with Gasteiger partial charge in [-0.2, -0.15) is 8.42 Å². The molecule has 32 heavy (non-hydrogen) atoms. The van der Waals surface area contributed by atoms with Crippen LogP contribution in [0.2, 0.25) is 0 Å². The number of nitrogens with two attached hydrogens (primary N) is 1. The van der Waals surface area contributed by atoms with Gasteiger partial charge in [0.15, 0.2) is 0 Å². The molecule has 8 nitrogen and oxygen atoms in total. The third-order valence-corrected chi connectivity index (χ3v) is 5.43. The van der Waals surface area contributed by atoms with Crippen LogP contribution in [0.4, 0.5) is 17.1 Å². The molecule has 1 heterocycles. The summed E-state index contributed by atoms with van der Waals surface area (Å²) in [7, 11) is -4.49. The van der Waals surface area contributed by atoms with Crippen molar-refractivity contribution in [3.05, 3.63) is 84.7 Å². The van der Waals surface area contributed by atoms with Crippen LogP contribution in [0, 0.1) is 0 Å². The Morgan fingerprint density at radius 1 is 0.938 bits per heavy atom. The molecule has 0 aliphatic heterocycles. The number of azo groups is 1. The van der Waals surface area contributed by atoms with Crippen molar-refractivity contribution in [2.24, 2.45) is 10.2 Å². The number of ether oxygens (including phenoxy) is 1. The molecule has 1 aromatic heterocycles. The first-order valence-corrected chi connectivity index (χ1v) is 10.7. The largest absolute Gasteiger partial charge is 1.00 e. The molecule has 10 heteroatoms. The topological polar surface area (TPSA) is 127 Å². The van der Waals surface area contributed by atoms with Gasteiger partial charge in [0.1, 0.15) is 28.6 Å². The summed E-state index contributed by atoms with van der Waals surface area (Å²) in [5.74, 6) is 0.478. The summed E-state index contributed by atoms with van der Waals surface area (Å²) in [4.78, 5) is 3.93. The second-order valence-corrected chi connectivity index (χ2v) is 8.00. The van der Waals surface area contributed by atoms with Crippen LogP contribution < -0.4 is 40.0 Å². The van der Waals surface area contributed by atoms with Crippen molar-refractivity contribution >= 4 is 38.0 Å². The number of para-hydroxylation sites is 1. The van der Waals surface area contributed by atoms with Crippen molar-refractivity contribution < 1.29 is 48.7 Å². The minimum absolute atomic E-state index is 0. The molecule has 3 N–H and O–H groups in total. The Bertz CT molecular complexity index is 1390. The summed E-state index contributed by atoms with van der Waals surface area (Å²) in [5.41, 5.74) is 7.75. The molecule has 0 bridgehead atoms. The number of hydrogen-bond acceptors (Lipinski definition) is 7. The number of anilines is 1. The van der Waals surface area contributed by atoms with Crippen molar-refractivity contribution in [3.8, 4) is 5.75 Å². The van der Waals surface area contributed by atoms with Gasteiger partial charge in [0.05, 0.1) is 11.4 Å². The molecule has 4 aromatic rings. The average molecular weight is 458 g/mol. The first kappa shape index (κ1) is 23.8. The summed E-state index contributed by atoms with van der Waals surface area (Å²) in [6.07, 6.45) is 1.68. The van der Waals surface area contributed by atoms with E-state index in [4.69, 9.17) is 10.5 Å². The smallest absolute Gasteiger partial charge is 1.00 e. The Hall–Kier alpha value is -2.82. The molecule has 4 rings (SSSR count). The van der Waals surface area contributed by atoms with Crippen molar-refractivity contribution in [2.75, 3.05) is 5.73 Å². The van der Waals surface area contributed by atoms with Gasteiger partial charge in [-0.25, -0.2) is 0 Å². The van der Waals surface area contributed by atoms with Crippen molar-refractivity contribution in [1.29, 1.82) is 0 Å². The number of nitrogens with zero attached hydrogens (tertiary/aromatic N) is 3. The normalized spacial score (nSPS) is 11.4. The zero-order valence-corrected chi connectivity index (χ0v) is 20.0. The molecule has 0 saturated carbocycles. The van der Waals surface area contributed by atoms with Gasteiger partial charge in [0.2, 0.25) is 0 Å². The Morgan fingerprint density at radius 2 is 1.59 bits per heavy atom. The summed E-state index contributed by atoms with van der Waals surface area (Å²) in [5, 5.41) is 9.10. The van der Waals surface area contributed by atoms with Crippen LogP contribution >= 0.6 is 0 Å². The van der Waals surface area contributed by atoms with Crippen LogP contribution in [0.15, 0.2) is 94.1 Å². The Morgan fingerprint density at radius 3 is 2.31 bits per heavy atom. The van der Waals surface area contributed by atoms with Crippen LogP contribution in [0.5, 0.6) is 5.75 Å². The fraction of sp³-hybridized carbons (Fsp3) is 0.0455. The van der Waals surface area contributed by atoms with E-state index < -0.39 is 10.1 Å². The molecule has 0 saturated heterocycles. The van der Waals surface area contributed by atoms with E-state index in [9.17, 15) is 13.0 Å². The number of rotatable bonds is 6. The molecule has 0 spiro atoms. The third-order valence-electron chi connectivity index (χ3n) is 4.54. The van der Waals surface area contributed by atoms with Crippen LogP contribution in [0.3, 0.4) is 0 Å². The zero-order chi connectivity index (χ0) is 21.8. The minimum Gasteiger partial charge on any atom is -1.00 e. The number of nitrogen functional groups attached to an aromatic ring is 1. The minimum atomic E-state index is -4.49. The van der Waals surface area contributed by atoms with Crippen LogP contribution in [0.25, 0.3) is 10.8 Å². The van der Waals surface area contributed by atoms with E-state index in [0.29, 0.717) is 22.2 Å². The van der Waals surface area contributed by atoms with Gasteiger partial charge in [-0.1, -0.05) is 42.5 Å². The molecule has 0 aliphatic rings. The number of pyridine rings is 1. The maximum Gasteiger partial charge on any atom is 1.00 e. The molecule has 158 valence electrons. The van der Waals surface area contributed by atoms with Crippen molar-refractivity contribution in [1.82, 2.24) is 4.98 Å². The molecular weight excluding hydrogens is 439 g/mol. The summed E-state index contributed by atoms with van der Waals surface area (Å²) >= 11 is 0. The van der Waals surface area contributed by atoms with E-state index in [0.717, 1.165) is 5.69 Å². The zero-order valence-electron chi connectivity index (χ0n) is 18.2. The van der Waals surface area contributed by atoms with Gasteiger partial charge in [0.25, 0.3) is 10.1 Å². The van der Waals surface area contributed by atoms with E-state index in [2.05, 4.69) is 15.2 Å². The first-order chi connectivity index (χ1) is 14.9. The molecule has 3 aromatic carbocycles. The molecule has 0 unspecified atom stereocenters. The van der Waals surface area contributed by atoms with Gasteiger partial charge in [-0.3, -0.25) is 9.54 Å². The summed E-state index contributed by atoms with van der Waals surface area (Å²) < 4.78 is 39.2. The number of fused-ring (bicyclic) bond motifs is 1. The Kier molecular flexibility index (Phi) is 7.60. The molecular formula is C22H19N4NaO4S. The quantitative estimate of drug-likeness (QED) is 0.197. The van der Waals surface area contributed by atoms with Crippen LogP contribution in [0.1, 0.15) is 7.12 Å². The van der Waals surface area contributed by atoms with E-state index in [-0.39, 0.29) is 53.9 Å². The van der Waals surface area contributed by atoms with E-state index >= 15 is 0 Å². The fourth-order valence-electron chi connectivity index (χ4n) is 3.05. The van der Waals surface area contributed by atoms with Crippen LogP contribution in [-0.2, 0) is 16.7 Å². The monoisotopic (exact) mass is 458 g/mol. The molecule has 0 atom stereocenters. The molecule has 0 aliphatic carbocycles. The van der Waals surface area contributed by atoms with Crippen LogP contribution in [-0.4, -0.2) is 18.0 Å². The number of hydrogen-bond donors (Lipinski definition) is 2. The van der Waals surface area contributed by atoms with E-state index in [1.807, 2.05) is 18.2 Å². The standard InChI is InChI=1S/C22H18N4O4S.Na.H/c23-22-17-9-2-1-8-16(17)21(31(27,28)29)13-19(22)26-25-18-10-3-4-11-20(18)30-14-15-7-5-6-12-24-15;;/h1-13H,14,23H2,(H,27,28,29);;/q;+1;-1. The van der Waals surface area contributed by atoms with Crippen molar-refractivity contribution in [3.63, 3.8) is 0 Å².